The zero-order valence-electron chi connectivity index (χ0n) is 39.8. The van der Waals surface area contributed by atoms with Crippen LogP contribution in [-0.2, 0) is 51.3 Å². The fourth-order valence-electron chi connectivity index (χ4n) is 9.05. The molecule has 0 radical (unpaired) electrons. The SMILES string of the molecule is COc1cc(F)c(C2=C(/C=C/C3=[N+](CCCCS(=O)(=O)[O-])c4ccc(S(=O)(=O)[O-])cc4C3(C)C)CCC/C2=C\C=C2/N(CCCCS(=O)(=O)[O-])c3ccc(S(=O)(=O)[O-])cc3C2(C)C)c(F)c1.[Na+].[Na+].[Na+]. The summed E-state index contributed by atoms with van der Waals surface area (Å²) in [7, 11) is -17.5. The van der Waals surface area contributed by atoms with Gasteiger partial charge < -0.3 is 27.8 Å². The normalized spacial score (nSPS) is 18.0. The third-order valence-electron chi connectivity index (χ3n) is 12.3. The van der Waals surface area contributed by atoms with Gasteiger partial charge in [-0.3, -0.25) is 0 Å². The molecular weight excluding hydrogens is 1010 g/mol. The number of methoxy groups -OCH3 is 1. The number of allylic oxidation sites excluding steroid dienone is 8. The van der Waals surface area contributed by atoms with Crippen molar-refractivity contribution >= 4 is 63.1 Å². The quantitative estimate of drug-likeness (QED) is 0.0594. The Labute approximate surface area is 470 Å². The third-order valence-corrected chi connectivity index (χ3v) is 15.5. The summed E-state index contributed by atoms with van der Waals surface area (Å²) < 4.78 is 181. The molecule has 0 bridgehead atoms. The smallest absolute Gasteiger partial charge is 0.748 e. The van der Waals surface area contributed by atoms with Gasteiger partial charge in [0.25, 0.3) is 0 Å². The van der Waals surface area contributed by atoms with Gasteiger partial charge >= 0.3 is 88.7 Å². The minimum absolute atomic E-state index is 0. The van der Waals surface area contributed by atoms with Crippen LogP contribution < -0.4 is 98.3 Å². The van der Waals surface area contributed by atoms with Gasteiger partial charge in [-0.25, -0.2) is 42.5 Å². The molecule has 0 N–H and O–H groups in total. The molecule has 3 aromatic rings. The number of fused-ring (bicyclic) bond motifs is 2. The average molecular weight is 1060 g/mol. The van der Waals surface area contributed by atoms with Gasteiger partial charge in [-0.1, -0.05) is 26.0 Å². The predicted molar refractivity (Wildman–Crippen MR) is 239 cm³/mol. The first-order chi connectivity index (χ1) is 30.5. The molecule has 69 heavy (non-hydrogen) atoms. The topological polar surface area (TPSA) is 244 Å². The van der Waals surface area contributed by atoms with Gasteiger partial charge in [0.05, 0.1) is 48.1 Å². The number of halogens is 2. The molecule has 0 unspecified atom stereocenters. The molecule has 0 saturated carbocycles. The Bertz CT molecular complexity index is 3080. The second-order valence-corrected chi connectivity index (χ2v) is 23.2. The van der Waals surface area contributed by atoms with E-state index in [9.17, 15) is 51.9 Å². The van der Waals surface area contributed by atoms with E-state index in [0.717, 1.165) is 12.1 Å². The fourth-order valence-corrected chi connectivity index (χ4v) is 11.2. The van der Waals surface area contributed by atoms with Crippen LogP contribution in [0.15, 0.2) is 99.5 Å². The maximum atomic E-state index is 16.3. The Balaban J connectivity index is 0.00000420. The van der Waals surface area contributed by atoms with E-state index >= 15 is 8.78 Å². The Morgan fingerprint density at radius 3 is 1.80 bits per heavy atom. The van der Waals surface area contributed by atoms with Crippen LogP contribution in [0, 0.1) is 11.6 Å². The Morgan fingerprint density at radius 1 is 0.696 bits per heavy atom. The van der Waals surface area contributed by atoms with Gasteiger partial charge in [0.15, 0.2) is 5.71 Å². The molecule has 0 atom stereocenters. The van der Waals surface area contributed by atoms with Gasteiger partial charge in [-0.15, -0.1) is 0 Å². The first kappa shape index (κ1) is 61.7. The molecule has 6 rings (SSSR count). The van der Waals surface area contributed by atoms with Crippen molar-refractivity contribution in [3.8, 4) is 5.75 Å². The second kappa shape index (κ2) is 23.7. The molecule has 2 heterocycles. The summed E-state index contributed by atoms with van der Waals surface area (Å²) in [5.74, 6) is -3.13. The molecule has 3 aromatic carbocycles. The Morgan fingerprint density at radius 2 is 1.25 bits per heavy atom. The van der Waals surface area contributed by atoms with Gasteiger partial charge in [-0.05, 0) is 111 Å². The maximum absolute atomic E-state index is 16.3. The van der Waals surface area contributed by atoms with Crippen molar-refractivity contribution < 1.29 is 159 Å². The average Bonchev–Trinajstić information content (AvgIpc) is 3.55. The summed E-state index contributed by atoms with van der Waals surface area (Å²) in [5, 5.41) is 0. The van der Waals surface area contributed by atoms with Gasteiger partial charge in [0, 0.05) is 71.1 Å². The number of unbranched alkanes of at least 4 members (excludes halogenated alkanes) is 2. The van der Waals surface area contributed by atoms with Crippen molar-refractivity contribution in [2.75, 3.05) is 36.6 Å². The zero-order valence-corrected chi connectivity index (χ0v) is 49.1. The molecule has 3 aliphatic rings. The summed E-state index contributed by atoms with van der Waals surface area (Å²) >= 11 is 0. The molecule has 24 heteroatoms. The first-order valence-corrected chi connectivity index (χ1v) is 26.9. The van der Waals surface area contributed by atoms with Crippen molar-refractivity contribution in [2.24, 2.45) is 0 Å². The summed E-state index contributed by atoms with van der Waals surface area (Å²) in [4.78, 5) is 0.914. The molecular formula is C45H49F2N2Na3O13S4. The van der Waals surface area contributed by atoms with E-state index in [0.29, 0.717) is 64.3 Å². The molecule has 0 spiro atoms. The summed E-state index contributed by atoms with van der Waals surface area (Å²) in [6.07, 6.45) is 8.57. The molecule has 15 nitrogen and oxygen atoms in total. The van der Waals surface area contributed by atoms with E-state index in [1.807, 2.05) is 9.48 Å². The Hall–Kier alpha value is -1.61. The van der Waals surface area contributed by atoms with Crippen LogP contribution in [-0.4, -0.2) is 93.9 Å². The van der Waals surface area contributed by atoms with Crippen LogP contribution in [0.3, 0.4) is 0 Å². The van der Waals surface area contributed by atoms with Crippen LogP contribution in [0.1, 0.15) is 89.3 Å². The van der Waals surface area contributed by atoms with Gasteiger partial charge in [-0.2, -0.15) is 4.58 Å². The summed E-state index contributed by atoms with van der Waals surface area (Å²) in [5.41, 5.74) is 2.11. The van der Waals surface area contributed by atoms with Gasteiger partial charge in [0.1, 0.15) is 44.2 Å². The van der Waals surface area contributed by atoms with Crippen LogP contribution in [0.2, 0.25) is 0 Å². The molecule has 0 saturated heterocycles. The standard InChI is InChI=1S/C45H52F2N2O13S4.3Na/c1-44(2)34-27-32(65(56,57)58)15-17-38(34)48(21-6-8-23-63(50,51)52)40(44)19-13-29-11-10-12-30(42(29)43-36(46)25-31(62-5)26-37(43)47)14-20-41-45(3,4)35-28-33(66(59,60)61)16-18-39(35)49(41)22-7-9-24-64(53,54)55;;;/h13-20,25-28H,6-12,21-24H2,1-5H3,(H3-,50,51,52,53,54,55,56,57,58,59,60,61);;;/q;3*+1/p-3. The van der Waals surface area contributed by atoms with Gasteiger partial charge in [0.2, 0.25) is 5.69 Å². The van der Waals surface area contributed by atoms with E-state index in [1.54, 1.807) is 52.0 Å². The van der Waals surface area contributed by atoms with Crippen molar-refractivity contribution in [2.45, 2.75) is 93.3 Å². The molecule has 0 fully saturated rings. The molecule has 0 amide bonds. The summed E-state index contributed by atoms with van der Waals surface area (Å²) in [6, 6.07) is 9.98. The molecule has 1 aliphatic carbocycles. The number of nitrogens with zero attached hydrogens (tertiary/aromatic N) is 2. The van der Waals surface area contributed by atoms with Crippen molar-refractivity contribution in [3.63, 3.8) is 0 Å². The number of hydrogen-bond donors (Lipinski definition) is 0. The largest absolute Gasteiger partial charge is 1.00 e. The first-order valence-electron chi connectivity index (χ1n) is 20.9. The maximum Gasteiger partial charge on any atom is 1.00 e. The van der Waals surface area contributed by atoms with E-state index in [1.165, 1.54) is 43.5 Å². The van der Waals surface area contributed by atoms with Crippen molar-refractivity contribution in [1.82, 2.24) is 0 Å². The Kier molecular flexibility index (Phi) is 21.2. The summed E-state index contributed by atoms with van der Waals surface area (Å²) in [6.45, 7) is 7.57. The zero-order chi connectivity index (χ0) is 48.8. The number of anilines is 1. The third kappa shape index (κ3) is 14.4. The minimum atomic E-state index is -4.86. The monoisotopic (exact) mass is 1060 g/mol. The van der Waals surface area contributed by atoms with E-state index in [2.05, 4.69) is 0 Å². The van der Waals surface area contributed by atoms with Crippen molar-refractivity contribution in [1.29, 1.82) is 0 Å². The number of hydrogen-bond acceptors (Lipinski definition) is 14. The van der Waals surface area contributed by atoms with E-state index in [4.69, 9.17) is 4.74 Å². The number of benzene rings is 3. The molecule has 2 aliphatic heterocycles. The second-order valence-electron chi connectivity index (χ2n) is 17.4. The fraction of sp³-hybridized carbons (Fsp3) is 0.400. The molecule has 358 valence electrons. The minimum Gasteiger partial charge on any atom is -0.748 e. The van der Waals surface area contributed by atoms with Crippen LogP contribution in [0.25, 0.3) is 5.57 Å². The van der Waals surface area contributed by atoms with Crippen LogP contribution in [0.4, 0.5) is 20.2 Å². The number of rotatable bonds is 17. The van der Waals surface area contributed by atoms with E-state index < -0.39 is 84.2 Å². The van der Waals surface area contributed by atoms with Crippen LogP contribution >= 0.6 is 0 Å². The van der Waals surface area contributed by atoms with Crippen LogP contribution in [0.5, 0.6) is 5.75 Å². The molecule has 0 aromatic heterocycles. The predicted octanol–water partition coefficient (Wildman–Crippen LogP) is -2.38. The number of ether oxygens (including phenoxy) is 1. The van der Waals surface area contributed by atoms with E-state index in [-0.39, 0.29) is 144 Å². The van der Waals surface area contributed by atoms with Crippen molar-refractivity contribution in [3.05, 3.63) is 118 Å².